The van der Waals surface area contributed by atoms with Crippen molar-refractivity contribution in [2.24, 2.45) is 0 Å². The molecule has 16 heteroatoms. The maximum atomic E-state index is 13.0. The minimum absolute atomic E-state index is 0.0562. The predicted octanol–water partition coefficient (Wildman–Crippen LogP) is -1.71. The van der Waals surface area contributed by atoms with Crippen LogP contribution in [0.1, 0.15) is 12.8 Å². The Balaban J connectivity index is 1.98. The summed E-state index contributed by atoms with van der Waals surface area (Å²) < 4.78 is 17.1. The molecule has 1 aliphatic heterocycles. The normalized spacial score (nSPS) is 15.5. The van der Waals surface area contributed by atoms with Crippen LogP contribution in [0.4, 0.5) is 0 Å². The SMILES string of the molecule is C=CCn1c(=O)n(CC(O)COC(=O)CCSSCCC(=O)OC)c(=O)n(CC(O)CN2CCOCC2)c1=O. The summed E-state index contributed by atoms with van der Waals surface area (Å²) in [5.74, 6) is 0.0639. The summed E-state index contributed by atoms with van der Waals surface area (Å²) in [5.41, 5.74) is -2.84. The van der Waals surface area contributed by atoms with Gasteiger partial charge in [-0.15, -0.1) is 6.58 Å². The summed E-state index contributed by atoms with van der Waals surface area (Å²) in [6.07, 6.45) is -0.836. The molecule has 0 amide bonds. The van der Waals surface area contributed by atoms with Gasteiger partial charge in [-0.05, 0) is 0 Å². The Bertz CT molecular complexity index is 1130. The van der Waals surface area contributed by atoms with E-state index < -0.39 is 48.4 Å². The van der Waals surface area contributed by atoms with Crippen LogP contribution < -0.4 is 17.1 Å². The van der Waals surface area contributed by atoms with E-state index in [1.165, 1.54) is 34.8 Å². The molecule has 0 radical (unpaired) electrons. The van der Waals surface area contributed by atoms with Gasteiger partial charge in [0.05, 0.1) is 58.9 Å². The minimum Gasteiger partial charge on any atom is -0.469 e. The number of esters is 2. The van der Waals surface area contributed by atoms with E-state index >= 15 is 0 Å². The van der Waals surface area contributed by atoms with E-state index in [0.29, 0.717) is 42.4 Å². The lowest BCUT2D eigenvalue weighted by Crippen LogP contribution is -2.57. The molecule has 1 aromatic rings. The number of aliphatic hydroxyl groups excluding tert-OH is 2. The number of β-amino-alcohol motifs (C(OH)–C–C–N with tert-alkyl or cyclic N) is 1. The van der Waals surface area contributed by atoms with E-state index in [2.05, 4.69) is 11.3 Å². The van der Waals surface area contributed by atoms with Gasteiger partial charge in [0.25, 0.3) is 0 Å². The van der Waals surface area contributed by atoms with Crippen LogP contribution >= 0.6 is 21.6 Å². The highest BCUT2D eigenvalue weighted by Gasteiger charge is 2.22. The highest BCUT2D eigenvalue weighted by atomic mass is 33.1. The standard InChI is InChI=1S/C23H36N4O10S2/c1-3-6-25-21(32)26(14-17(28)13-24-7-9-36-10-8-24)23(34)27(22(25)33)15-18(29)16-37-20(31)5-12-39-38-11-4-19(30)35-2/h3,17-18,28-29H,1,4-16H2,2H3. The lowest BCUT2D eigenvalue weighted by atomic mass is 10.3. The summed E-state index contributed by atoms with van der Waals surface area (Å²) in [4.78, 5) is 63.7. The van der Waals surface area contributed by atoms with Crippen molar-refractivity contribution in [3.8, 4) is 0 Å². The van der Waals surface area contributed by atoms with Gasteiger partial charge in [-0.2, -0.15) is 0 Å². The number of nitrogens with zero attached hydrogens (tertiary/aromatic N) is 4. The molecular weight excluding hydrogens is 556 g/mol. The van der Waals surface area contributed by atoms with Crippen molar-refractivity contribution in [1.29, 1.82) is 0 Å². The highest BCUT2D eigenvalue weighted by Crippen LogP contribution is 2.22. The summed E-state index contributed by atoms with van der Waals surface area (Å²) in [6.45, 7) is 4.43. The second-order valence-corrected chi connectivity index (χ2v) is 11.3. The first kappa shape index (κ1) is 32.8. The number of hydrogen-bond donors (Lipinski definition) is 2. The molecule has 14 nitrogen and oxygen atoms in total. The lowest BCUT2D eigenvalue weighted by molar-refractivity contribution is -0.146. The van der Waals surface area contributed by atoms with Crippen LogP contribution in [-0.4, -0.2) is 111 Å². The minimum atomic E-state index is -1.40. The molecule has 1 aliphatic rings. The number of allylic oxidation sites excluding steroid dienone is 1. The predicted molar refractivity (Wildman–Crippen MR) is 146 cm³/mol. The monoisotopic (exact) mass is 592 g/mol. The molecule has 2 N–H and O–H groups in total. The number of carbonyl (C=O) groups is 2. The summed E-state index contributed by atoms with van der Waals surface area (Å²) >= 11 is 0. The van der Waals surface area contributed by atoms with E-state index in [0.717, 1.165) is 9.13 Å². The largest absolute Gasteiger partial charge is 0.469 e. The maximum absolute atomic E-state index is 13.0. The zero-order chi connectivity index (χ0) is 28.8. The van der Waals surface area contributed by atoms with Gasteiger partial charge in [-0.25, -0.2) is 28.1 Å². The van der Waals surface area contributed by atoms with Crippen molar-refractivity contribution in [1.82, 2.24) is 18.6 Å². The van der Waals surface area contributed by atoms with Crippen LogP contribution in [0.25, 0.3) is 0 Å². The summed E-state index contributed by atoms with van der Waals surface area (Å²) in [5, 5.41) is 20.9. The molecule has 220 valence electrons. The molecule has 0 saturated carbocycles. The first-order valence-corrected chi connectivity index (χ1v) is 14.8. The molecule has 2 heterocycles. The molecule has 2 atom stereocenters. The van der Waals surface area contributed by atoms with Gasteiger partial charge in [0, 0.05) is 31.1 Å². The van der Waals surface area contributed by atoms with Crippen LogP contribution in [0.5, 0.6) is 0 Å². The van der Waals surface area contributed by atoms with E-state index in [1.54, 1.807) is 0 Å². The Labute approximate surface area is 232 Å². The van der Waals surface area contributed by atoms with E-state index in [4.69, 9.17) is 9.47 Å². The van der Waals surface area contributed by atoms with E-state index in [-0.39, 0.29) is 38.4 Å². The zero-order valence-corrected chi connectivity index (χ0v) is 23.5. The smallest absolute Gasteiger partial charge is 0.336 e. The lowest BCUT2D eigenvalue weighted by Gasteiger charge is -2.28. The fraction of sp³-hybridized carbons (Fsp3) is 0.696. The number of carbonyl (C=O) groups excluding carboxylic acids is 2. The number of hydrogen-bond acceptors (Lipinski definition) is 13. The molecular formula is C23H36N4O10S2. The van der Waals surface area contributed by atoms with Crippen LogP contribution in [0.15, 0.2) is 27.0 Å². The Morgan fingerprint density at radius 1 is 0.923 bits per heavy atom. The molecule has 0 spiro atoms. The van der Waals surface area contributed by atoms with Crippen LogP contribution in [0.3, 0.4) is 0 Å². The number of aromatic nitrogens is 3. The molecule has 1 fully saturated rings. The Morgan fingerprint density at radius 2 is 1.46 bits per heavy atom. The highest BCUT2D eigenvalue weighted by molar-refractivity contribution is 8.76. The van der Waals surface area contributed by atoms with Gasteiger partial charge < -0.3 is 24.4 Å². The van der Waals surface area contributed by atoms with Crippen LogP contribution in [-0.2, 0) is 43.4 Å². The van der Waals surface area contributed by atoms with Gasteiger partial charge in [-0.3, -0.25) is 14.5 Å². The number of methoxy groups -OCH3 is 1. The number of rotatable bonds is 17. The van der Waals surface area contributed by atoms with Crippen LogP contribution in [0.2, 0.25) is 0 Å². The van der Waals surface area contributed by atoms with Gasteiger partial charge >= 0.3 is 29.0 Å². The number of aliphatic hydroxyl groups is 2. The van der Waals surface area contributed by atoms with Crippen molar-refractivity contribution >= 4 is 33.5 Å². The maximum Gasteiger partial charge on any atom is 0.336 e. The van der Waals surface area contributed by atoms with Gasteiger partial charge in [0.15, 0.2) is 0 Å². The van der Waals surface area contributed by atoms with Gasteiger partial charge in [0.2, 0.25) is 0 Å². The quantitative estimate of drug-likeness (QED) is 0.0908. The van der Waals surface area contributed by atoms with Crippen molar-refractivity contribution in [3.05, 3.63) is 44.1 Å². The molecule has 0 aliphatic carbocycles. The molecule has 0 bridgehead atoms. The number of morpholine rings is 1. The second-order valence-electron chi connectivity index (χ2n) is 8.59. The summed E-state index contributed by atoms with van der Waals surface area (Å²) in [6, 6.07) is 0. The first-order valence-electron chi connectivity index (χ1n) is 12.4. The average Bonchev–Trinajstić information content (AvgIpc) is 2.92. The fourth-order valence-electron chi connectivity index (χ4n) is 3.63. The second kappa shape index (κ2) is 17.3. The third-order valence-corrected chi connectivity index (χ3v) is 7.99. The fourth-order valence-corrected chi connectivity index (χ4v) is 5.57. The van der Waals surface area contributed by atoms with Gasteiger partial charge in [-0.1, -0.05) is 27.7 Å². The van der Waals surface area contributed by atoms with E-state index in [9.17, 15) is 34.2 Å². The number of ether oxygens (including phenoxy) is 3. The molecule has 1 aromatic heterocycles. The topological polar surface area (TPSA) is 172 Å². The Kier molecular flexibility index (Phi) is 14.6. The average molecular weight is 593 g/mol. The van der Waals surface area contributed by atoms with Crippen molar-refractivity contribution < 1.29 is 34.0 Å². The molecule has 0 aromatic carbocycles. The first-order chi connectivity index (χ1) is 18.7. The van der Waals surface area contributed by atoms with Crippen molar-refractivity contribution in [3.63, 3.8) is 0 Å². The molecule has 2 rings (SSSR count). The van der Waals surface area contributed by atoms with Crippen LogP contribution in [0, 0.1) is 0 Å². The molecule has 39 heavy (non-hydrogen) atoms. The zero-order valence-electron chi connectivity index (χ0n) is 21.9. The third kappa shape index (κ3) is 11.0. The van der Waals surface area contributed by atoms with Crippen molar-refractivity contribution in [2.75, 3.05) is 58.1 Å². The van der Waals surface area contributed by atoms with E-state index in [1.807, 2.05) is 4.90 Å². The third-order valence-electron chi connectivity index (χ3n) is 5.58. The Morgan fingerprint density at radius 3 is 2.03 bits per heavy atom. The summed E-state index contributed by atoms with van der Waals surface area (Å²) in [7, 11) is 4.11. The Hall–Kier alpha value is -2.37. The van der Waals surface area contributed by atoms with Gasteiger partial charge in [0.1, 0.15) is 12.7 Å². The molecule has 2 unspecified atom stereocenters. The molecule has 1 saturated heterocycles. The van der Waals surface area contributed by atoms with Crippen molar-refractivity contribution in [2.45, 2.75) is 44.7 Å².